The van der Waals surface area contributed by atoms with Crippen LogP contribution in [-0.4, -0.2) is 40.3 Å². The predicted molar refractivity (Wildman–Crippen MR) is 90.1 cm³/mol. The summed E-state index contributed by atoms with van der Waals surface area (Å²) in [5.74, 6) is 0.446. The van der Waals surface area contributed by atoms with Crippen molar-refractivity contribution in [1.29, 1.82) is 0 Å². The monoisotopic (exact) mass is 325 g/mol. The van der Waals surface area contributed by atoms with Gasteiger partial charge in [-0.3, -0.25) is 14.6 Å². The summed E-state index contributed by atoms with van der Waals surface area (Å²) in [5.41, 5.74) is 0.894. The molecular weight excluding hydrogens is 302 g/mol. The van der Waals surface area contributed by atoms with Crippen LogP contribution in [0.25, 0.3) is 0 Å². The molecule has 0 radical (unpaired) electrons. The van der Waals surface area contributed by atoms with Gasteiger partial charge in [-0.1, -0.05) is 12.2 Å². The van der Waals surface area contributed by atoms with Crippen LogP contribution in [0.5, 0.6) is 0 Å². The lowest BCUT2D eigenvalue weighted by molar-refractivity contribution is -0.136. The van der Waals surface area contributed by atoms with E-state index in [2.05, 4.69) is 22.5 Å². The normalized spacial score (nSPS) is 26.1. The van der Waals surface area contributed by atoms with Gasteiger partial charge >= 0.3 is 0 Å². The molecule has 4 rings (SSSR count). The smallest absolute Gasteiger partial charge is 0.228 e. The maximum absolute atomic E-state index is 12.5. The Kier molecular flexibility index (Phi) is 3.87. The van der Waals surface area contributed by atoms with Crippen LogP contribution in [-0.2, 0) is 9.59 Å². The molecule has 1 aromatic rings. The lowest BCUT2D eigenvalue weighted by Gasteiger charge is -2.40. The van der Waals surface area contributed by atoms with Crippen LogP contribution in [0.2, 0.25) is 0 Å². The first-order valence-corrected chi connectivity index (χ1v) is 8.83. The molecule has 2 fully saturated rings. The maximum atomic E-state index is 12.5. The van der Waals surface area contributed by atoms with Gasteiger partial charge in [0.1, 0.15) is 0 Å². The highest BCUT2D eigenvalue weighted by Crippen LogP contribution is 2.39. The van der Waals surface area contributed by atoms with Crippen molar-refractivity contribution >= 4 is 11.8 Å². The van der Waals surface area contributed by atoms with E-state index in [0.29, 0.717) is 0 Å². The van der Waals surface area contributed by atoms with Crippen molar-refractivity contribution < 1.29 is 9.59 Å². The number of piperidine rings is 1. The highest BCUT2D eigenvalue weighted by molar-refractivity contribution is 5.87. The fraction of sp³-hybridized carbons (Fsp3) is 0.526. The van der Waals surface area contributed by atoms with Crippen molar-refractivity contribution in [1.82, 2.24) is 15.2 Å². The number of aromatic nitrogens is 1. The standard InChI is InChI=1S/C19H23N3O2/c23-17-16(14-5-9-20-10-6-14)13-19(21-17)7-11-22(12-8-19)18(24)15-3-1-2-4-15/h1-2,5-6,9-10,15-16H,3-4,7-8,11-13H2,(H,21,23). The van der Waals surface area contributed by atoms with Crippen LogP contribution in [0.1, 0.15) is 43.6 Å². The van der Waals surface area contributed by atoms with Crippen LogP contribution in [0.3, 0.4) is 0 Å². The average Bonchev–Trinajstić information content (AvgIpc) is 3.25. The summed E-state index contributed by atoms with van der Waals surface area (Å²) in [7, 11) is 0. The fourth-order valence-electron chi connectivity index (χ4n) is 4.31. The van der Waals surface area contributed by atoms with Gasteiger partial charge in [0.25, 0.3) is 0 Å². The first kappa shape index (κ1) is 15.4. The van der Waals surface area contributed by atoms with E-state index in [1.807, 2.05) is 17.0 Å². The molecule has 0 saturated carbocycles. The molecule has 1 aromatic heterocycles. The number of nitrogens with zero attached hydrogens (tertiary/aromatic N) is 2. The molecule has 2 saturated heterocycles. The molecular formula is C19H23N3O2. The third-order valence-corrected chi connectivity index (χ3v) is 5.80. The Morgan fingerprint density at radius 3 is 2.50 bits per heavy atom. The van der Waals surface area contributed by atoms with Crippen molar-refractivity contribution in [2.45, 2.75) is 43.6 Å². The van der Waals surface area contributed by atoms with E-state index in [0.717, 1.165) is 50.8 Å². The SMILES string of the molecule is O=C1NC2(CCN(C(=O)C3CC=CC3)CC2)CC1c1ccncc1. The number of pyridine rings is 1. The van der Waals surface area contributed by atoms with Crippen molar-refractivity contribution in [3.05, 3.63) is 42.2 Å². The van der Waals surface area contributed by atoms with Gasteiger partial charge in [0.05, 0.1) is 5.92 Å². The molecule has 5 heteroatoms. The molecule has 2 aliphatic heterocycles. The molecule has 5 nitrogen and oxygen atoms in total. The molecule has 1 atom stereocenters. The molecule has 3 aliphatic rings. The number of likely N-dealkylation sites (tertiary alicyclic amines) is 1. The molecule has 126 valence electrons. The van der Waals surface area contributed by atoms with Gasteiger partial charge in [0, 0.05) is 36.9 Å². The summed E-state index contributed by atoms with van der Waals surface area (Å²) in [6.07, 6.45) is 12.0. The summed E-state index contributed by atoms with van der Waals surface area (Å²) in [6.45, 7) is 1.50. The number of carbonyl (C=O) groups is 2. The second-order valence-corrected chi connectivity index (χ2v) is 7.27. The number of amides is 2. The van der Waals surface area contributed by atoms with E-state index >= 15 is 0 Å². The molecule has 0 bridgehead atoms. The van der Waals surface area contributed by atoms with Crippen LogP contribution in [0.15, 0.2) is 36.7 Å². The van der Waals surface area contributed by atoms with Crippen molar-refractivity contribution in [3.63, 3.8) is 0 Å². The molecule has 1 N–H and O–H groups in total. The highest BCUT2D eigenvalue weighted by atomic mass is 16.2. The summed E-state index contributed by atoms with van der Waals surface area (Å²) in [6, 6.07) is 3.85. The topological polar surface area (TPSA) is 62.3 Å². The molecule has 1 unspecified atom stereocenters. The van der Waals surface area contributed by atoms with Gasteiger partial charge in [-0.15, -0.1) is 0 Å². The van der Waals surface area contributed by atoms with E-state index < -0.39 is 0 Å². The van der Waals surface area contributed by atoms with E-state index in [1.165, 1.54) is 0 Å². The Bertz CT molecular complexity index is 654. The zero-order valence-corrected chi connectivity index (χ0v) is 13.8. The first-order valence-electron chi connectivity index (χ1n) is 8.83. The van der Waals surface area contributed by atoms with Gasteiger partial charge in [0.15, 0.2) is 0 Å². The lowest BCUT2D eigenvalue weighted by Crippen LogP contribution is -2.53. The van der Waals surface area contributed by atoms with Crippen molar-refractivity contribution in [2.24, 2.45) is 5.92 Å². The third-order valence-electron chi connectivity index (χ3n) is 5.80. The van der Waals surface area contributed by atoms with E-state index in [4.69, 9.17) is 0 Å². The zero-order chi connectivity index (χ0) is 16.6. The molecule has 24 heavy (non-hydrogen) atoms. The molecule has 3 heterocycles. The second kappa shape index (κ2) is 6.04. The Balaban J connectivity index is 1.40. The Morgan fingerprint density at radius 1 is 1.17 bits per heavy atom. The average molecular weight is 325 g/mol. The molecule has 1 aliphatic carbocycles. The molecule has 0 aromatic carbocycles. The Hall–Kier alpha value is -2.17. The minimum atomic E-state index is -0.143. The largest absolute Gasteiger partial charge is 0.350 e. The second-order valence-electron chi connectivity index (χ2n) is 7.27. The van der Waals surface area contributed by atoms with E-state index in [-0.39, 0.29) is 29.2 Å². The van der Waals surface area contributed by atoms with Crippen molar-refractivity contribution in [3.8, 4) is 0 Å². The van der Waals surface area contributed by atoms with Crippen LogP contribution in [0.4, 0.5) is 0 Å². The number of nitrogens with one attached hydrogen (secondary N) is 1. The number of carbonyl (C=O) groups excluding carboxylic acids is 2. The zero-order valence-electron chi connectivity index (χ0n) is 13.8. The van der Waals surface area contributed by atoms with Gasteiger partial charge in [-0.2, -0.15) is 0 Å². The summed E-state index contributed by atoms with van der Waals surface area (Å²) in [4.78, 5) is 31.0. The maximum Gasteiger partial charge on any atom is 0.228 e. The Labute approximate surface area is 142 Å². The minimum Gasteiger partial charge on any atom is -0.350 e. The minimum absolute atomic E-state index is 0.0886. The predicted octanol–water partition coefficient (Wildman–Crippen LogP) is 2.01. The summed E-state index contributed by atoms with van der Waals surface area (Å²) < 4.78 is 0. The summed E-state index contributed by atoms with van der Waals surface area (Å²) >= 11 is 0. The number of allylic oxidation sites excluding steroid dienone is 2. The van der Waals surface area contributed by atoms with Gasteiger partial charge in [-0.05, 0) is 49.8 Å². The number of rotatable bonds is 2. The third kappa shape index (κ3) is 2.72. The van der Waals surface area contributed by atoms with E-state index in [1.54, 1.807) is 12.4 Å². The highest BCUT2D eigenvalue weighted by Gasteiger charge is 2.47. The molecule has 1 spiro atoms. The van der Waals surface area contributed by atoms with Gasteiger partial charge in [-0.25, -0.2) is 0 Å². The quantitative estimate of drug-likeness (QED) is 0.846. The van der Waals surface area contributed by atoms with Crippen LogP contribution in [0, 0.1) is 5.92 Å². The first-order chi connectivity index (χ1) is 11.7. The fourth-order valence-corrected chi connectivity index (χ4v) is 4.31. The summed E-state index contributed by atoms with van der Waals surface area (Å²) in [5, 5.41) is 3.24. The molecule has 2 amide bonds. The van der Waals surface area contributed by atoms with Crippen LogP contribution < -0.4 is 5.32 Å². The van der Waals surface area contributed by atoms with Crippen LogP contribution >= 0.6 is 0 Å². The van der Waals surface area contributed by atoms with E-state index in [9.17, 15) is 9.59 Å². The lowest BCUT2D eigenvalue weighted by atomic mass is 9.82. The van der Waals surface area contributed by atoms with Gasteiger partial charge in [0.2, 0.25) is 11.8 Å². The number of hydrogen-bond acceptors (Lipinski definition) is 3. The Morgan fingerprint density at radius 2 is 1.83 bits per heavy atom. The number of hydrogen-bond donors (Lipinski definition) is 1. The van der Waals surface area contributed by atoms with Crippen molar-refractivity contribution in [2.75, 3.05) is 13.1 Å². The van der Waals surface area contributed by atoms with Gasteiger partial charge < -0.3 is 10.2 Å².